The fourth-order valence-electron chi connectivity index (χ4n) is 4.34. The number of fused-ring (bicyclic) bond motifs is 3. The van der Waals surface area contributed by atoms with Gasteiger partial charge in [0.15, 0.2) is 0 Å². The molecule has 0 saturated heterocycles. The number of benzene rings is 3. The van der Waals surface area contributed by atoms with Gasteiger partial charge in [0, 0.05) is 12.5 Å². The lowest BCUT2D eigenvalue weighted by Gasteiger charge is -2.20. The van der Waals surface area contributed by atoms with Crippen LogP contribution in [0.1, 0.15) is 42.0 Å². The molecule has 0 saturated carbocycles. The predicted octanol–water partition coefficient (Wildman–Crippen LogP) is 4.49. The van der Waals surface area contributed by atoms with Crippen LogP contribution in [-0.4, -0.2) is 36.2 Å². The molecule has 180 valence electrons. The van der Waals surface area contributed by atoms with Gasteiger partial charge in [0.2, 0.25) is 5.91 Å². The Hall–Kier alpha value is -4.13. The molecule has 0 aliphatic heterocycles. The van der Waals surface area contributed by atoms with Gasteiger partial charge in [-0.1, -0.05) is 85.8 Å². The average molecular weight is 473 g/mol. The predicted molar refractivity (Wildman–Crippen MR) is 132 cm³/mol. The topological polar surface area (TPSA) is 105 Å². The number of carboxylic acids is 1. The van der Waals surface area contributed by atoms with Crippen LogP contribution in [0.4, 0.5) is 4.79 Å². The van der Waals surface area contributed by atoms with Gasteiger partial charge >= 0.3 is 12.1 Å². The summed E-state index contributed by atoms with van der Waals surface area (Å²) in [6.45, 7) is 1.90. The summed E-state index contributed by atoms with van der Waals surface area (Å²) in [5.74, 6) is -2.02. The molecule has 1 aliphatic carbocycles. The smallest absolute Gasteiger partial charge is 0.408 e. The first kappa shape index (κ1) is 24.0. The fraction of sp³-hybridized carbons (Fsp3) is 0.250. The molecule has 0 fully saturated rings. The molecule has 0 bridgehead atoms. The largest absolute Gasteiger partial charge is 0.481 e. The molecule has 2 atom stereocenters. The van der Waals surface area contributed by atoms with Gasteiger partial charge in [0.25, 0.3) is 0 Å². The molecule has 2 amide bonds. The van der Waals surface area contributed by atoms with Crippen molar-refractivity contribution >= 4 is 18.0 Å². The second-order valence-corrected chi connectivity index (χ2v) is 8.63. The van der Waals surface area contributed by atoms with Gasteiger partial charge in [-0.15, -0.1) is 0 Å². The molecular formula is C28H28N2O5. The highest BCUT2D eigenvalue weighted by Crippen LogP contribution is 2.44. The molecule has 0 spiro atoms. The second-order valence-electron chi connectivity index (χ2n) is 8.63. The molecule has 0 heterocycles. The van der Waals surface area contributed by atoms with Crippen molar-refractivity contribution in [1.82, 2.24) is 10.6 Å². The van der Waals surface area contributed by atoms with Gasteiger partial charge in [-0.05, 0) is 34.2 Å². The number of nitrogens with one attached hydrogen (secondary N) is 2. The van der Waals surface area contributed by atoms with E-state index in [0.29, 0.717) is 5.56 Å². The molecule has 35 heavy (non-hydrogen) atoms. The summed E-state index contributed by atoms with van der Waals surface area (Å²) in [6, 6.07) is 24.0. The Morgan fingerprint density at radius 1 is 0.886 bits per heavy atom. The molecule has 4 rings (SSSR count). The number of hydrogen-bond acceptors (Lipinski definition) is 4. The molecule has 3 aromatic carbocycles. The Bertz CT molecular complexity index is 1170. The van der Waals surface area contributed by atoms with Crippen molar-refractivity contribution in [3.63, 3.8) is 0 Å². The third-order valence-corrected chi connectivity index (χ3v) is 6.30. The number of rotatable bonds is 9. The number of carbonyl (C=O) groups excluding carboxylic acids is 2. The zero-order chi connectivity index (χ0) is 24.8. The highest BCUT2D eigenvalue weighted by Gasteiger charge is 2.30. The molecule has 2 unspecified atom stereocenters. The van der Waals surface area contributed by atoms with Crippen LogP contribution < -0.4 is 10.6 Å². The number of carboxylic acid groups (broad SMARTS) is 1. The van der Waals surface area contributed by atoms with Crippen molar-refractivity contribution < 1.29 is 24.2 Å². The Morgan fingerprint density at radius 2 is 1.46 bits per heavy atom. The summed E-state index contributed by atoms with van der Waals surface area (Å²) in [5.41, 5.74) is 5.08. The Balaban J connectivity index is 1.42. The zero-order valence-electron chi connectivity index (χ0n) is 19.4. The number of alkyl carbamates (subject to hydrolysis) is 1. The van der Waals surface area contributed by atoms with Crippen molar-refractivity contribution in [2.75, 3.05) is 13.2 Å². The fourth-order valence-corrected chi connectivity index (χ4v) is 4.34. The normalized spacial score (nSPS) is 13.7. The van der Waals surface area contributed by atoms with E-state index in [9.17, 15) is 14.4 Å². The van der Waals surface area contributed by atoms with Crippen molar-refractivity contribution in [2.24, 2.45) is 5.92 Å². The minimum Gasteiger partial charge on any atom is -0.481 e. The molecule has 3 N–H and O–H groups in total. The molecule has 0 radical (unpaired) electrons. The van der Waals surface area contributed by atoms with Crippen LogP contribution in [-0.2, 0) is 14.3 Å². The van der Waals surface area contributed by atoms with Crippen LogP contribution in [0.3, 0.4) is 0 Å². The van der Waals surface area contributed by atoms with Crippen molar-refractivity contribution in [2.45, 2.75) is 25.3 Å². The van der Waals surface area contributed by atoms with Crippen LogP contribution >= 0.6 is 0 Å². The third kappa shape index (κ3) is 5.51. The number of hydrogen-bond donors (Lipinski definition) is 3. The van der Waals surface area contributed by atoms with Gasteiger partial charge in [0.05, 0.1) is 5.92 Å². The van der Waals surface area contributed by atoms with Gasteiger partial charge in [-0.25, -0.2) is 4.79 Å². The summed E-state index contributed by atoms with van der Waals surface area (Å²) in [6.07, 6.45) is -0.414. The molecule has 7 heteroatoms. The quantitative estimate of drug-likeness (QED) is 0.426. The maximum Gasteiger partial charge on any atom is 0.408 e. The maximum absolute atomic E-state index is 12.9. The maximum atomic E-state index is 12.9. The summed E-state index contributed by atoms with van der Waals surface area (Å²) in [4.78, 5) is 36.7. The monoisotopic (exact) mass is 472 g/mol. The molecular weight excluding hydrogens is 444 g/mol. The third-order valence-electron chi connectivity index (χ3n) is 6.30. The molecule has 3 aromatic rings. The second kappa shape index (κ2) is 10.9. The first-order valence-electron chi connectivity index (χ1n) is 11.6. The van der Waals surface area contributed by atoms with Crippen molar-refractivity contribution in [3.05, 3.63) is 95.6 Å². The summed E-state index contributed by atoms with van der Waals surface area (Å²) in [7, 11) is 0. The molecule has 0 aromatic heterocycles. The SMILES string of the molecule is CC(CCNC(=O)C(NC(=O)OCC1c2ccccc2-c2ccccc21)c1ccccc1)C(=O)O. The van der Waals surface area contributed by atoms with Crippen molar-refractivity contribution in [3.8, 4) is 11.1 Å². The Labute approximate surface area is 204 Å². The highest BCUT2D eigenvalue weighted by atomic mass is 16.5. The van der Waals surface area contributed by atoms with E-state index >= 15 is 0 Å². The lowest BCUT2D eigenvalue weighted by atomic mass is 9.98. The lowest BCUT2D eigenvalue weighted by Crippen LogP contribution is -2.41. The lowest BCUT2D eigenvalue weighted by molar-refractivity contribution is -0.141. The standard InChI is InChI=1S/C28H28N2O5/c1-18(27(32)33)15-16-29-26(31)25(19-9-3-2-4-10-19)30-28(34)35-17-24-22-13-7-5-11-20(22)21-12-6-8-14-23(21)24/h2-14,18,24-25H,15-17H2,1H3,(H,29,31)(H,30,34)(H,32,33). The first-order chi connectivity index (χ1) is 17.0. The Morgan fingerprint density at radius 3 is 2.06 bits per heavy atom. The van der Waals surface area contributed by atoms with Gasteiger partial charge in [0.1, 0.15) is 12.6 Å². The first-order valence-corrected chi connectivity index (χ1v) is 11.6. The van der Waals surface area contributed by atoms with Crippen LogP contribution in [0.2, 0.25) is 0 Å². The highest BCUT2D eigenvalue weighted by molar-refractivity contribution is 5.87. The van der Waals surface area contributed by atoms with E-state index in [1.165, 1.54) is 0 Å². The molecule has 1 aliphatic rings. The average Bonchev–Trinajstić information content (AvgIpc) is 3.20. The minimum absolute atomic E-state index is 0.0883. The van der Waals surface area contributed by atoms with E-state index in [-0.39, 0.29) is 25.5 Å². The number of amides is 2. The van der Waals surface area contributed by atoms with E-state index in [2.05, 4.69) is 22.8 Å². The van der Waals surface area contributed by atoms with E-state index in [1.807, 2.05) is 42.5 Å². The van der Waals surface area contributed by atoms with Gasteiger partial charge in [-0.3, -0.25) is 9.59 Å². The van der Waals surface area contributed by atoms with Gasteiger partial charge in [-0.2, -0.15) is 0 Å². The van der Waals surface area contributed by atoms with Gasteiger partial charge < -0.3 is 20.5 Å². The number of ether oxygens (including phenoxy) is 1. The van der Waals surface area contributed by atoms with E-state index in [4.69, 9.17) is 9.84 Å². The van der Waals surface area contributed by atoms with Crippen LogP contribution in [0.25, 0.3) is 11.1 Å². The van der Waals surface area contributed by atoms with E-state index in [1.54, 1.807) is 31.2 Å². The molecule has 7 nitrogen and oxygen atoms in total. The van der Waals surface area contributed by atoms with Crippen LogP contribution in [0.15, 0.2) is 78.9 Å². The van der Waals surface area contributed by atoms with Crippen LogP contribution in [0.5, 0.6) is 0 Å². The Kier molecular flexibility index (Phi) is 7.45. The summed E-state index contributed by atoms with van der Waals surface area (Å²) in [5, 5.41) is 14.4. The van der Waals surface area contributed by atoms with Crippen molar-refractivity contribution in [1.29, 1.82) is 0 Å². The van der Waals surface area contributed by atoms with E-state index in [0.717, 1.165) is 22.3 Å². The number of carbonyl (C=O) groups is 3. The van der Waals surface area contributed by atoms with E-state index < -0.39 is 29.9 Å². The zero-order valence-corrected chi connectivity index (χ0v) is 19.4. The summed E-state index contributed by atoms with van der Waals surface area (Å²) >= 11 is 0. The number of aliphatic carboxylic acids is 1. The minimum atomic E-state index is -0.966. The summed E-state index contributed by atoms with van der Waals surface area (Å²) < 4.78 is 5.61. The van der Waals surface area contributed by atoms with Crippen LogP contribution in [0, 0.1) is 5.92 Å².